The average Bonchev–Trinajstić information content (AvgIpc) is 3.61. The summed E-state index contributed by atoms with van der Waals surface area (Å²) in [6, 6.07) is 15.6. The van der Waals surface area contributed by atoms with Gasteiger partial charge in [0.25, 0.3) is 11.1 Å². The van der Waals surface area contributed by atoms with Gasteiger partial charge in [0.1, 0.15) is 11.3 Å². The van der Waals surface area contributed by atoms with E-state index in [0.29, 0.717) is 29.8 Å². The number of furan rings is 1. The number of amides is 1. The van der Waals surface area contributed by atoms with Gasteiger partial charge in [-0.25, -0.2) is 4.98 Å². The molecule has 0 spiro atoms. The van der Waals surface area contributed by atoms with Crippen LogP contribution in [-0.2, 0) is 12.3 Å². The number of nitrogens with zero attached hydrogens (tertiary/aromatic N) is 3. The van der Waals surface area contributed by atoms with Gasteiger partial charge in [-0.2, -0.15) is 0 Å². The predicted octanol–water partition coefficient (Wildman–Crippen LogP) is 4.71. The van der Waals surface area contributed by atoms with Crippen molar-refractivity contribution in [2.24, 2.45) is 0 Å². The minimum atomic E-state index is -0.0682. The first-order chi connectivity index (χ1) is 17.1. The van der Waals surface area contributed by atoms with E-state index in [-0.39, 0.29) is 12.7 Å². The molecule has 8 nitrogen and oxygen atoms in total. The molecule has 9 heteroatoms. The number of thioether (sulfide) groups is 1. The molecule has 180 valence electrons. The van der Waals surface area contributed by atoms with E-state index in [2.05, 4.69) is 16.0 Å². The zero-order chi connectivity index (χ0) is 23.8. The molecule has 1 fully saturated rings. The van der Waals surface area contributed by atoms with Crippen molar-refractivity contribution < 1.29 is 23.1 Å². The quantitative estimate of drug-likeness (QED) is 0.359. The number of hydrogen-bond donors (Lipinski definition) is 0. The van der Waals surface area contributed by atoms with Crippen LogP contribution in [0.25, 0.3) is 11.1 Å². The largest absolute Gasteiger partial charge is 0.455 e. The maximum atomic E-state index is 13.0. The van der Waals surface area contributed by atoms with Gasteiger partial charge in [0, 0.05) is 32.7 Å². The van der Waals surface area contributed by atoms with Crippen molar-refractivity contribution in [3.63, 3.8) is 0 Å². The molecule has 0 bridgehead atoms. The molecule has 2 aliphatic rings. The van der Waals surface area contributed by atoms with Crippen LogP contribution in [-0.4, -0.2) is 53.7 Å². The van der Waals surface area contributed by atoms with E-state index in [0.717, 1.165) is 53.6 Å². The first kappa shape index (κ1) is 22.1. The molecule has 2 aromatic heterocycles. The van der Waals surface area contributed by atoms with Crippen LogP contribution >= 0.6 is 11.8 Å². The maximum absolute atomic E-state index is 13.0. The number of benzene rings is 2. The Balaban J connectivity index is 1.01. The summed E-state index contributed by atoms with van der Waals surface area (Å²) >= 11 is 1.45. The molecule has 0 aliphatic carbocycles. The molecule has 35 heavy (non-hydrogen) atoms. The van der Waals surface area contributed by atoms with Gasteiger partial charge in [0.15, 0.2) is 22.8 Å². The Morgan fingerprint density at radius 2 is 1.83 bits per heavy atom. The highest BCUT2D eigenvalue weighted by molar-refractivity contribution is 7.98. The van der Waals surface area contributed by atoms with Crippen molar-refractivity contribution >= 4 is 28.8 Å². The molecule has 0 unspecified atom stereocenters. The number of carbonyl (C=O) groups is 1. The number of rotatable bonds is 6. The highest BCUT2D eigenvalue weighted by atomic mass is 32.2. The normalized spacial score (nSPS) is 15.7. The molecule has 4 aromatic rings. The predicted molar refractivity (Wildman–Crippen MR) is 131 cm³/mol. The molecular formula is C26H25N3O5S. The van der Waals surface area contributed by atoms with Crippen LogP contribution in [0.1, 0.15) is 27.4 Å². The SMILES string of the molecule is Cc1ccc2oc(SCc3ccc(C(=O)N4CCN(Cc5ccc6c(c5)OCO6)CC4)o3)nc2c1. The second-order valence-corrected chi connectivity index (χ2v) is 9.69. The summed E-state index contributed by atoms with van der Waals surface area (Å²) in [5.74, 6) is 3.17. The molecule has 1 amide bonds. The Bertz CT molecular complexity index is 1370. The highest BCUT2D eigenvalue weighted by Crippen LogP contribution is 2.33. The third-order valence-electron chi connectivity index (χ3n) is 6.24. The minimum Gasteiger partial charge on any atom is -0.455 e. The van der Waals surface area contributed by atoms with Crippen LogP contribution in [0, 0.1) is 6.92 Å². The average molecular weight is 492 g/mol. The lowest BCUT2D eigenvalue weighted by Gasteiger charge is -2.34. The fourth-order valence-electron chi connectivity index (χ4n) is 4.34. The monoisotopic (exact) mass is 491 g/mol. The number of aromatic nitrogens is 1. The molecule has 0 N–H and O–H groups in total. The van der Waals surface area contributed by atoms with E-state index < -0.39 is 0 Å². The summed E-state index contributed by atoms with van der Waals surface area (Å²) in [5.41, 5.74) is 3.94. The van der Waals surface area contributed by atoms with Gasteiger partial charge in [-0.15, -0.1) is 0 Å². The second kappa shape index (κ2) is 9.31. The lowest BCUT2D eigenvalue weighted by atomic mass is 10.1. The van der Waals surface area contributed by atoms with Crippen LogP contribution in [0.2, 0.25) is 0 Å². The number of aryl methyl sites for hydroxylation is 1. The van der Waals surface area contributed by atoms with Crippen molar-refractivity contribution in [1.29, 1.82) is 0 Å². The van der Waals surface area contributed by atoms with Gasteiger partial charge in [-0.3, -0.25) is 9.69 Å². The minimum absolute atomic E-state index is 0.0682. The van der Waals surface area contributed by atoms with Gasteiger partial charge >= 0.3 is 0 Å². The van der Waals surface area contributed by atoms with Crippen molar-refractivity contribution in [3.05, 3.63) is 71.2 Å². The van der Waals surface area contributed by atoms with Crippen LogP contribution < -0.4 is 9.47 Å². The lowest BCUT2D eigenvalue weighted by molar-refractivity contribution is 0.0596. The highest BCUT2D eigenvalue weighted by Gasteiger charge is 2.25. The molecule has 0 atom stereocenters. The molecule has 1 saturated heterocycles. The smallest absolute Gasteiger partial charge is 0.289 e. The van der Waals surface area contributed by atoms with E-state index >= 15 is 0 Å². The number of oxazole rings is 1. The van der Waals surface area contributed by atoms with Crippen molar-refractivity contribution in [2.45, 2.75) is 24.4 Å². The first-order valence-corrected chi connectivity index (χ1v) is 12.6. The number of fused-ring (bicyclic) bond motifs is 2. The summed E-state index contributed by atoms with van der Waals surface area (Å²) in [6.45, 7) is 6.07. The third-order valence-corrected chi connectivity index (χ3v) is 7.09. The van der Waals surface area contributed by atoms with Gasteiger partial charge in [0.2, 0.25) is 6.79 Å². The Morgan fingerprint density at radius 1 is 0.971 bits per heavy atom. The van der Waals surface area contributed by atoms with Crippen molar-refractivity contribution in [2.75, 3.05) is 33.0 Å². The van der Waals surface area contributed by atoms with Crippen LogP contribution in [0.4, 0.5) is 0 Å². The topological polar surface area (TPSA) is 81.2 Å². The molecule has 0 radical (unpaired) electrons. The van der Waals surface area contributed by atoms with E-state index in [1.807, 2.05) is 48.2 Å². The zero-order valence-electron chi connectivity index (χ0n) is 19.4. The second-order valence-electron chi connectivity index (χ2n) is 8.76. The molecule has 2 aliphatic heterocycles. The van der Waals surface area contributed by atoms with E-state index in [9.17, 15) is 4.79 Å². The third kappa shape index (κ3) is 4.74. The van der Waals surface area contributed by atoms with Gasteiger partial charge < -0.3 is 23.2 Å². The molecular weight excluding hydrogens is 466 g/mol. The molecule has 2 aromatic carbocycles. The fourth-order valence-corrected chi connectivity index (χ4v) is 5.08. The van der Waals surface area contributed by atoms with Crippen LogP contribution in [0.15, 0.2) is 62.6 Å². The lowest BCUT2D eigenvalue weighted by Crippen LogP contribution is -2.48. The summed E-state index contributed by atoms with van der Waals surface area (Å²) in [7, 11) is 0. The standard InChI is InChI=1S/C26H25N3O5S/c1-17-2-5-21-20(12-17)27-26(34-21)35-15-19-4-7-23(33-19)25(30)29-10-8-28(9-11-29)14-18-3-6-22-24(13-18)32-16-31-22/h2-7,12-13H,8-11,14-16H2,1H3. The molecule has 6 rings (SSSR count). The fraction of sp³-hybridized carbons (Fsp3) is 0.308. The zero-order valence-corrected chi connectivity index (χ0v) is 20.2. The van der Waals surface area contributed by atoms with E-state index in [1.165, 1.54) is 17.3 Å². The number of hydrogen-bond acceptors (Lipinski definition) is 8. The molecule has 0 saturated carbocycles. The number of piperazine rings is 1. The Hall–Kier alpha value is -3.43. The van der Waals surface area contributed by atoms with Gasteiger partial charge in [-0.05, 0) is 54.4 Å². The molecule has 4 heterocycles. The van der Waals surface area contributed by atoms with Crippen LogP contribution in [0.5, 0.6) is 11.5 Å². The Labute approximate surface area is 206 Å². The van der Waals surface area contributed by atoms with Crippen molar-refractivity contribution in [3.8, 4) is 11.5 Å². The maximum Gasteiger partial charge on any atom is 0.289 e. The summed E-state index contributed by atoms with van der Waals surface area (Å²) in [6.07, 6.45) is 0. The van der Waals surface area contributed by atoms with E-state index in [4.69, 9.17) is 18.3 Å². The summed E-state index contributed by atoms with van der Waals surface area (Å²) in [4.78, 5) is 21.7. The summed E-state index contributed by atoms with van der Waals surface area (Å²) in [5, 5.41) is 0.591. The summed E-state index contributed by atoms with van der Waals surface area (Å²) < 4.78 is 22.5. The Morgan fingerprint density at radius 3 is 2.71 bits per heavy atom. The van der Waals surface area contributed by atoms with Gasteiger partial charge in [0.05, 0.1) is 5.75 Å². The van der Waals surface area contributed by atoms with E-state index in [1.54, 1.807) is 6.07 Å². The van der Waals surface area contributed by atoms with Crippen LogP contribution in [0.3, 0.4) is 0 Å². The number of ether oxygens (including phenoxy) is 2. The Kier molecular flexibility index (Phi) is 5.87. The van der Waals surface area contributed by atoms with Crippen molar-refractivity contribution in [1.82, 2.24) is 14.8 Å². The first-order valence-electron chi connectivity index (χ1n) is 11.6. The number of carbonyl (C=O) groups excluding carboxylic acids is 1. The van der Waals surface area contributed by atoms with Gasteiger partial charge in [-0.1, -0.05) is 23.9 Å².